The van der Waals surface area contributed by atoms with Gasteiger partial charge in [-0.3, -0.25) is 13.9 Å². The molecule has 1 atom stereocenters. The molecule has 4 rings (SSSR count). The second-order valence-electron chi connectivity index (χ2n) is 10.8. The van der Waals surface area contributed by atoms with Gasteiger partial charge in [0.25, 0.3) is 0 Å². The molecule has 1 unspecified atom stereocenters. The highest BCUT2D eigenvalue weighted by Crippen LogP contribution is 2.48. The van der Waals surface area contributed by atoms with Gasteiger partial charge in [-0.15, -0.1) is 0 Å². The number of fused-ring (bicyclic) bond motifs is 2. The lowest BCUT2D eigenvalue weighted by Gasteiger charge is -2.41. The Hall–Kier alpha value is -2.47. The third-order valence-corrected chi connectivity index (χ3v) is 8.88. The van der Waals surface area contributed by atoms with E-state index in [1.807, 2.05) is 48.5 Å². The van der Waals surface area contributed by atoms with E-state index in [9.17, 15) is 18.0 Å². The molecule has 0 aromatic heterocycles. The number of hydrogen-bond acceptors (Lipinski definition) is 6. The summed E-state index contributed by atoms with van der Waals surface area (Å²) in [6.45, 7) is 4.70. The summed E-state index contributed by atoms with van der Waals surface area (Å²) in [7, 11) is -3.45. The SMILES string of the molecule is CC(C)(N)C(=O)NC(COCc1ccccc1)C(=O)N1CCC2(CC1)CN(S(C)(=O)=O)c1ccc(Br)cc12. The van der Waals surface area contributed by atoms with Crippen LogP contribution in [0.15, 0.2) is 53.0 Å². The average molecular weight is 608 g/mol. The first-order chi connectivity index (χ1) is 17.8. The summed E-state index contributed by atoms with van der Waals surface area (Å²) in [6, 6.07) is 14.4. The molecule has 206 valence electrons. The summed E-state index contributed by atoms with van der Waals surface area (Å²) in [6.07, 6.45) is 2.42. The molecule has 38 heavy (non-hydrogen) atoms. The van der Waals surface area contributed by atoms with Gasteiger partial charge in [0.2, 0.25) is 21.8 Å². The van der Waals surface area contributed by atoms with E-state index < -0.39 is 27.5 Å². The number of likely N-dealkylation sites (tertiary alicyclic amines) is 1. The van der Waals surface area contributed by atoms with Gasteiger partial charge in [0, 0.05) is 29.5 Å². The molecule has 2 aliphatic rings. The van der Waals surface area contributed by atoms with Gasteiger partial charge in [0.05, 0.1) is 30.7 Å². The number of nitrogens with zero attached hydrogens (tertiary/aromatic N) is 2. The minimum Gasteiger partial charge on any atom is -0.374 e. The number of amides is 2. The lowest BCUT2D eigenvalue weighted by atomic mass is 9.74. The summed E-state index contributed by atoms with van der Waals surface area (Å²) in [5.74, 6) is -0.677. The molecule has 1 fully saturated rings. The zero-order chi connectivity index (χ0) is 27.7. The van der Waals surface area contributed by atoms with Gasteiger partial charge < -0.3 is 20.7 Å². The van der Waals surface area contributed by atoms with Gasteiger partial charge >= 0.3 is 0 Å². The number of carbonyl (C=O) groups excluding carboxylic acids is 2. The Morgan fingerprint density at radius 1 is 1.16 bits per heavy atom. The Bertz CT molecular complexity index is 1290. The second kappa shape index (κ2) is 11.0. The molecule has 0 bridgehead atoms. The molecule has 2 aromatic rings. The van der Waals surface area contributed by atoms with Gasteiger partial charge in [-0.1, -0.05) is 46.3 Å². The molecule has 2 amide bonds. The van der Waals surface area contributed by atoms with Crippen molar-refractivity contribution in [2.45, 2.75) is 50.3 Å². The van der Waals surface area contributed by atoms with Gasteiger partial charge in [-0.05, 0) is 56.0 Å². The number of benzene rings is 2. The van der Waals surface area contributed by atoms with Crippen LogP contribution in [0, 0.1) is 0 Å². The van der Waals surface area contributed by atoms with Crippen molar-refractivity contribution >= 4 is 43.5 Å². The minimum atomic E-state index is -3.45. The maximum atomic E-state index is 13.6. The first-order valence-corrected chi connectivity index (χ1v) is 15.2. The number of nitrogens with two attached hydrogens (primary N) is 1. The van der Waals surface area contributed by atoms with Crippen LogP contribution in [-0.2, 0) is 36.4 Å². The van der Waals surface area contributed by atoms with Crippen LogP contribution in [0.25, 0.3) is 0 Å². The molecule has 0 aliphatic carbocycles. The molecule has 9 nitrogen and oxygen atoms in total. The summed E-state index contributed by atoms with van der Waals surface area (Å²) < 4.78 is 33.3. The lowest BCUT2D eigenvalue weighted by molar-refractivity contribution is -0.140. The summed E-state index contributed by atoms with van der Waals surface area (Å²) >= 11 is 3.52. The number of nitrogens with one attached hydrogen (secondary N) is 1. The smallest absolute Gasteiger partial charge is 0.247 e. The second-order valence-corrected chi connectivity index (χ2v) is 13.6. The third kappa shape index (κ3) is 6.22. The molecule has 2 aromatic carbocycles. The summed E-state index contributed by atoms with van der Waals surface area (Å²) in [5, 5.41) is 2.78. The van der Waals surface area contributed by atoms with E-state index in [0.29, 0.717) is 44.8 Å². The lowest BCUT2D eigenvalue weighted by Crippen LogP contribution is -2.59. The highest BCUT2D eigenvalue weighted by Gasteiger charge is 2.48. The van der Waals surface area contributed by atoms with Crippen molar-refractivity contribution in [2.75, 3.05) is 36.8 Å². The van der Waals surface area contributed by atoms with Crippen LogP contribution in [0.2, 0.25) is 0 Å². The highest BCUT2D eigenvalue weighted by atomic mass is 79.9. The number of anilines is 1. The van der Waals surface area contributed by atoms with Gasteiger partial charge in [0.15, 0.2) is 0 Å². The molecule has 0 saturated carbocycles. The Labute approximate surface area is 232 Å². The fourth-order valence-electron chi connectivity index (χ4n) is 5.08. The number of piperidine rings is 1. The van der Waals surface area contributed by atoms with Crippen molar-refractivity contribution in [3.8, 4) is 0 Å². The van der Waals surface area contributed by atoms with E-state index >= 15 is 0 Å². The van der Waals surface area contributed by atoms with Crippen LogP contribution in [0.3, 0.4) is 0 Å². The number of halogens is 1. The first-order valence-electron chi connectivity index (χ1n) is 12.6. The van der Waals surface area contributed by atoms with Crippen molar-refractivity contribution in [3.63, 3.8) is 0 Å². The fraction of sp³-hybridized carbons (Fsp3) is 0.481. The van der Waals surface area contributed by atoms with Crippen molar-refractivity contribution in [1.82, 2.24) is 10.2 Å². The zero-order valence-electron chi connectivity index (χ0n) is 21.9. The predicted octanol–water partition coefficient (Wildman–Crippen LogP) is 2.53. The molecular weight excluding hydrogens is 572 g/mol. The van der Waals surface area contributed by atoms with E-state index in [2.05, 4.69) is 21.2 Å². The monoisotopic (exact) mass is 606 g/mol. The molecule has 1 spiro atoms. The zero-order valence-corrected chi connectivity index (χ0v) is 24.3. The highest BCUT2D eigenvalue weighted by molar-refractivity contribution is 9.10. The van der Waals surface area contributed by atoms with E-state index in [-0.39, 0.29) is 17.9 Å². The number of ether oxygens (including phenoxy) is 1. The van der Waals surface area contributed by atoms with Crippen LogP contribution in [-0.4, -0.2) is 69.2 Å². The number of sulfonamides is 1. The Morgan fingerprint density at radius 3 is 2.42 bits per heavy atom. The Morgan fingerprint density at radius 2 is 1.82 bits per heavy atom. The Balaban J connectivity index is 1.48. The van der Waals surface area contributed by atoms with Crippen molar-refractivity contribution < 1.29 is 22.7 Å². The number of rotatable bonds is 8. The van der Waals surface area contributed by atoms with E-state index in [1.54, 1.807) is 18.7 Å². The normalized spacial score (nSPS) is 17.8. The van der Waals surface area contributed by atoms with Gasteiger partial charge in [-0.2, -0.15) is 0 Å². The quantitative estimate of drug-likeness (QED) is 0.476. The molecule has 3 N–H and O–H groups in total. The van der Waals surface area contributed by atoms with Crippen LogP contribution < -0.4 is 15.4 Å². The largest absolute Gasteiger partial charge is 0.374 e. The predicted molar refractivity (Wildman–Crippen MR) is 150 cm³/mol. The molecule has 2 aliphatic heterocycles. The summed E-state index contributed by atoms with van der Waals surface area (Å²) in [4.78, 5) is 28.0. The van der Waals surface area contributed by atoms with Gasteiger partial charge in [0.1, 0.15) is 6.04 Å². The standard InChI is InChI=1S/C27H35BrN4O5S/c1-26(2,29)25(34)30-22(17-37-16-19-7-5-4-6-8-19)24(33)31-13-11-27(12-14-31)18-32(38(3,35)36)23-10-9-20(28)15-21(23)27/h4-10,15,22H,11-14,16-18,29H2,1-3H3,(H,30,34). The van der Waals surface area contributed by atoms with Gasteiger partial charge in [-0.25, -0.2) is 8.42 Å². The average Bonchev–Trinajstić information content (AvgIpc) is 3.17. The molecule has 2 heterocycles. The van der Waals surface area contributed by atoms with Crippen LogP contribution in [0.5, 0.6) is 0 Å². The topological polar surface area (TPSA) is 122 Å². The fourth-order valence-corrected chi connectivity index (χ4v) is 6.44. The number of carbonyl (C=O) groups is 2. The molecular formula is C27H35BrN4O5S. The maximum Gasteiger partial charge on any atom is 0.247 e. The van der Waals surface area contributed by atoms with E-state index in [1.165, 1.54) is 10.6 Å². The minimum absolute atomic E-state index is 0.00876. The first kappa shape index (κ1) is 28.5. The van der Waals surface area contributed by atoms with Crippen LogP contribution in [0.4, 0.5) is 5.69 Å². The third-order valence-electron chi connectivity index (χ3n) is 7.26. The van der Waals surface area contributed by atoms with Crippen LogP contribution in [0.1, 0.15) is 37.8 Å². The van der Waals surface area contributed by atoms with Crippen molar-refractivity contribution in [3.05, 3.63) is 64.1 Å². The van der Waals surface area contributed by atoms with Crippen molar-refractivity contribution in [1.29, 1.82) is 0 Å². The molecule has 0 radical (unpaired) electrons. The van der Waals surface area contributed by atoms with Crippen LogP contribution >= 0.6 is 15.9 Å². The number of hydrogen-bond donors (Lipinski definition) is 2. The Kier molecular flexibility index (Phi) is 8.23. The summed E-state index contributed by atoms with van der Waals surface area (Å²) in [5.41, 5.74) is 7.07. The molecule has 1 saturated heterocycles. The molecule has 11 heteroatoms. The van der Waals surface area contributed by atoms with E-state index in [0.717, 1.165) is 15.6 Å². The van der Waals surface area contributed by atoms with Crippen molar-refractivity contribution in [2.24, 2.45) is 5.73 Å². The maximum absolute atomic E-state index is 13.6. The van der Waals surface area contributed by atoms with E-state index in [4.69, 9.17) is 10.5 Å².